The lowest BCUT2D eigenvalue weighted by atomic mass is 10.0. The molecular formula is C91H144NO8P. The van der Waals surface area contributed by atoms with Crippen LogP contribution in [0.3, 0.4) is 0 Å². The molecule has 2 unspecified atom stereocenters. The molecule has 9 nitrogen and oxygen atoms in total. The molecule has 3 N–H and O–H groups in total. The molecule has 0 heterocycles. The van der Waals surface area contributed by atoms with Crippen LogP contribution in [0.4, 0.5) is 0 Å². The van der Waals surface area contributed by atoms with Crippen LogP contribution in [-0.4, -0.2) is 49.3 Å². The van der Waals surface area contributed by atoms with Crippen molar-refractivity contribution >= 4 is 19.8 Å². The average Bonchev–Trinajstić information content (AvgIpc) is 1.04. The zero-order valence-corrected chi connectivity index (χ0v) is 64.7. The highest BCUT2D eigenvalue weighted by Crippen LogP contribution is 2.43. The molecule has 0 spiro atoms. The molecule has 0 bridgehead atoms. The minimum absolute atomic E-state index is 0.0410. The number of hydrogen-bond donors (Lipinski definition) is 2. The molecular weight excluding hydrogens is 1270 g/mol. The molecule has 2 atom stereocenters. The van der Waals surface area contributed by atoms with Crippen LogP contribution in [0.2, 0.25) is 0 Å². The van der Waals surface area contributed by atoms with E-state index in [1.165, 1.54) is 83.5 Å². The monoisotopic (exact) mass is 1410 g/mol. The topological polar surface area (TPSA) is 134 Å². The molecule has 0 aromatic carbocycles. The highest BCUT2D eigenvalue weighted by molar-refractivity contribution is 7.47. The fourth-order valence-corrected chi connectivity index (χ4v) is 11.0. The number of unbranched alkanes of at least 4 members (excludes halogenated alkanes) is 21. The molecule has 0 fully saturated rings. The quantitative estimate of drug-likeness (QED) is 0.0264. The lowest BCUT2D eigenvalue weighted by Crippen LogP contribution is -2.29. The lowest BCUT2D eigenvalue weighted by Gasteiger charge is -2.19. The third-order valence-corrected chi connectivity index (χ3v) is 17.0. The first-order valence-corrected chi connectivity index (χ1v) is 41.4. The highest BCUT2D eigenvalue weighted by Gasteiger charge is 2.26. The van der Waals surface area contributed by atoms with Crippen molar-refractivity contribution in [2.24, 2.45) is 5.73 Å². The maximum atomic E-state index is 12.8. The van der Waals surface area contributed by atoms with Crippen molar-refractivity contribution in [3.63, 3.8) is 0 Å². The van der Waals surface area contributed by atoms with E-state index in [1.807, 2.05) is 0 Å². The first-order valence-electron chi connectivity index (χ1n) is 39.9. The maximum Gasteiger partial charge on any atom is 0.472 e. The second kappa shape index (κ2) is 83.0. The van der Waals surface area contributed by atoms with Crippen molar-refractivity contribution in [3.05, 3.63) is 231 Å². The van der Waals surface area contributed by atoms with Crippen molar-refractivity contribution in [2.45, 2.75) is 302 Å². The predicted molar refractivity (Wildman–Crippen MR) is 440 cm³/mol. The van der Waals surface area contributed by atoms with Gasteiger partial charge in [-0.15, -0.1) is 0 Å². The minimum atomic E-state index is -4.42. The van der Waals surface area contributed by atoms with Crippen molar-refractivity contribution in [3.8, 4) is 0 Å². The number of carbonyl (C=O) groups is 2. The Morgan fingerprint density at radius 1 is 0.297 bits per heavy atom. The molecule has 0 saturated heterocycles. The molecule has 101 heavy (non-hydrogen) atoms. The van der Waals surface area contributed by atoms with E-state index >= 15 is 0 Å². The largest absolute Gasteiger partial charge is 0.472 e. The Bertz CT molecular complexity index is 2520. The van der Waals surface area contributed by atoms with Gasteiger partial charge in [-0.25, -0.2) is 4.57 Å². The van der Waals surface area contributed by atoms with Gasteiger partial charge in [-0.1, -0.05) is 354 Å². The van der Waals surface area contributed by atoms with Gasteiger partial charge in [0.15, 0.2) is 6.10 Å². The maximum absolute atomic E-state index is 12.8. The standard InChI is InChI=1S/C91H144NO8P/c1-3-5-7-9-11-13-15-17-19-21-23-25-27-29-31-33-35-37-39-41-43-44-46-48-50-52-54-56-58-60-62-64-66-68-70-72-74-76-78-80-82-84-91(94)100-89(88-99-101(95,96)98-86-85-92)87-97-90(93)83-81-79-77-75-73-71-69-67-65-63-61-59-57-55-53-51-49-47-45-42-40-38-36-34-32-30-28-26-24-22-20-18-16-14-12-10-8-6-4-2/h5-8,11-14,17-20,23-26,29-32,35-38,41-43,45-46,48-49,51-52,54,58,60,64,66,89H,3-4,9-10,15-16,21-22,27-28,33-34,39-40,44,47,50,53,55-57,59,61-63,65,67-88,92H2,1-2H3,(H,95,96)/b7-5-,8-6-,13-11-,14-12-,19-17-,20-18-,25-23-,26-24-,31-29-,32-30-,37-35-,38-36-,43-41-,45-42-,48-46-,51-49-,54-52-,60-58-,66-64-. The minimum Gasteiger partial charge on any atom is -0.462 e. The van der Waals surface area contributed by atoms with Gasteiger partial charge in [-0.05, 0) is 161 Å². The van der Waals surface area contributed by atoms with Crippen LogP contribution in [-0.2, 0) is 32.7 Å². The smallest absolute Gasteiger partial charge is 0.462 e. The third kappa shape index (κ3) is 82.9. The molecule has 0 aliphatic heterocycles. The van der Waals surface area contributed by atoms with E-state index in [9.17, 15) is 19.0 Å². The van der Waals surface area contributed by atoms with Gasteiger partial charge in [0, 0.05) is 19.4 Å². The molecule has 0 saturated carbocycles. The molecule has 0 radical (unpaired) electrons. The van der Waals surface area contributed by atoms with Gasteiger partial charge in [-0.2, -0.15) is 0 Å². The van der Waals surface area contributed by atoms with Crippen LogP contribution in [0.1, 0.15) is 296 Å². The van der Waals surface area contributed by atoms with E-state index < -0.39 is 32.5 Å². The summed E-state index contributed by atoms with van der Waals surface area (Å²) in [4.78, 5) is 35.5. The second-order valence-corrected chi connectivity index (χ2v) is 26.9. The summed E-state index contributed by atoms with van der Waals surface area (Å²) in [5.41, 5.74) is 5.41. The summed E-state index contributed by atoms with van der Waals surface area (Å²) in [6.45, 7) is 3.49. The van der Waals surface area contributed by atoms with Gasteiger partial charge in [0.1, 0.15) is 6.61 Å². The van der Waals surface area contributed by atoms with Crippen LogP contribution < -0.4 is 5.73 Å². The SMILES string of the molecule is CC/C=C\C/C=C\C/C=C\C/C=C\C/C=C\C/C=C\C/C=C\C/C=C\C/C=C\C/C=C\C/C=C\CCCCCCCCCC(=O)OC(COC(=O)CCCCCCCCCCCCCCCC/C=C\C/C=C\C/C=C\C/C=C\C/C=C\C/C=C\C/C=C\C/C=C\CC)COP(=O)(O)OCCN. The molecule has 0 aromatic heterocycles. The summed E-state index contributed by atoms with van der Waals surface area (Å²) in [6.07, 6.45) is 130. The number of esters is 2. The first-order chi connectivity index (χ1) is 49.8. The van der Waals surface area contributed by atoms with Crippen LogP contribution >= 0.6 is 7.82 Å². The Morgan fingerprint density at radius 2 is 0.515 bits per heavy atom. The summed E-state index contributed by atoms with van der Waals surface area (Å²) in [7, 11) is -4.42. The molecule has 0 rings (SSSR count). The third-order valence-electron chi connectivity index (χ3n) is 16.0. The Balaban J connectivity index is 3.96. The molecule has 566 valence electrons. The summed E-state index contributed by atoms with van der Waals surface area (Å²) < 4.78 is 33.2. The number of rotatable bonds is 72. The zero-order valence-electron chi connectivity index (χ0n) is 63.8. The number of nitrogens with two attached hydrogens (primary N) is 1. The molecule has 0 aliphatic carbocycles. The number of phosphoric acid groups is 1. The van der Waals surface area contributed by atoms with E-state index in [-0.39, 0.29) is 32.6 Å². The summed E-state index contributed by atoms with van der Waals surface area (Å²) in [6, 6.07) is 0. The fraction of sp³-hybridized carbons (Fsp3) is 0.560. The van der Waals surface area contributed by atoms with Crippen molar-refractivity contribution in [1.82, 2.24) is 0 Å². The molecule has 10 heteroatoms. The van der Waals surface area contributed by atoms with Crippen molar-refractivity contribution in [1.29, 1.82) is 0 Å². The van der Waals surface area contributed by atoms with E-state index in [0.29, 0.717) is 6.42 Å². The van der Waals surface area contributed by atoms with Crippen molar-refractivity contribution in [2.75, 3.05) is 26.4 Å². The van der Waals surface area contributed by atoms with Crippen LogP contribution in [0.25, 0.3) is 0 Å². The Labute approximate surface area is 619 Å². The molecule has 0 aromatic rings. The summed E-state index contributed by atoms with van der Waals surface area (Å²) >= 11 is 0. The average molecular weight is 1410 g/mol. The van der Waals surface area contributed by atoms with E-state index in [0.717, 1.165) is 180 Å². The van der Waals surface area contributed by atoms with Crippen LogP contribution in [0, 0.1) is 0 Å². The normalized spacial score (nSPS) is 14.1. The lowest BCUT2D eigenvalue weighted by molar-refractivity contribution is -0.161. The number of ether oxygens (including phenoxy) is 2. The second-order valence-electron chi connectivity index (χ2n) is 25.5. The summed E-state index contributed by atoms with van der Waals surface area (Å²) in [5.74, 6) is -0.851. The zero-order chi connectivity index (χ0) is 72.9. The van der Waals surface area contributed by atoms with Gasteiger partial charge < -0.3 is 20.1 Å². The van der Waals surface area contributed by atoms with Gasteiger partial charge in [0.2, 0.25) is 0 Å². The van der Waals surface area contributed by atoms with Crippen LogP contribution in [0.15, 0.2) is 231 Å². The predicted octanol–water partition coefficient (Wildman–Crippen LogP) is 27.3. The van der Waals surface area contributed by atoms with Gasteiger partial charge in [0.05, 0.1) is 13.2 Å². The van der Waals surface area contributed by atoms with Gasteiger partial charge in [-0.3, -0.25) is 18.6 Å². The first kappa shape index (κ1) is 95.1. The highest BCUT2D eigenvalue weighted by atomic mass is 31.2. The number of allylic oxidation sites excluding steroid dienone is 38. The molecule has 0 aliphatic rings. The number of phosphoric ester groups is 1. The Morgan fingerprint density at radius 3 is 0.762 bits per heavy atom. The van der Waals surface area contributed by atoms with E-state index in [2.05, 4.69) is 245 Å². The van der Waals surface area contributed by atoms with E-state index in [4.69, 9.17) is 24.3 Å². The molecule has 0 amide bonds. The van der Waals surface area contributed by atoms with Crippen molar-refractivity contribution < 1.29 is 37.6 Å². The van der Waals surface area contributed by atoms with Gasteiger partial charge in [0.25, 0.3) is 0 Å². The van der Waals surface area contributed by atoms with E-state index in [1.54, 1.807) is 0 Å². The summed E-state index contributed by atoms with van der Waals surface area (Å²) in [5, 5.41) is 0. The Kier molecular flexibility index (Phi) is 78.1. The van der Waals surface area contributed by atoms with Crippen LogP contribution in [0.5, 0.6) is 0 Å². The fourth-order valence-electron chi connectivity index (χ4n) is 10.2. The Hall–Kier alpha value is -5.93. The number of hydrogen-bond acceptors (Lipinski definition) is 8. The van der Waals surface area contributed by atoms with Gasteiger partial charge >= 0.3 is 19.8 Å². The number of carbonyl (C=O) groups excluding carboxylic acids is 2.